The standard InChI is InChI=1S/C15H27N3OS/c1-9(14(17)18-2)13(16)10-4-11-6-15(19,8-20-3)7-12(11)5-10/h10-12,19H,4-8,16H2,1-3H3,(H2,17,18). The molecule has 2 atom stereocenters. The third kappa shape index (κ3) is 2.98. The summed E-state index contributed by atoms with van der Waals surface area (Å²) < 4.78 is 0. The minimum absolute atomic E-state index is 0.407. The lowest BCUT2D eigenvalue weighted by Crippen LogP contribution is -2.29. The van der Waals surface area contributed by atoms with Crippen molar-refractivity contribution in [2.75, 3.05) is 19.1 Å². The maximum atomic E-state index is 10.6. The number of aliphatic imine (C=N–C) groups is 1. The second kappa shape index (κ2) is 5.98. The molecule has 5 heteroatoms. The van der Waals surface area contributed by atoms with Gasteiger partial charge in [0.1, 0.15) is 5.84 Å². The molecule has 20 heavy (non-hydrogen) atoms. The van der Waals surface area contributed by atoms with E-state index in [2.05, 4.69) is 11.2 Å². The van der Waals surface area contributed by atoms with Gasteiger partial charge in [-0.05, 0) is 56.6 Å². The van der Waals surface area contributed by atoms with Crippen LogP contribution in [-0.4, -0.2) is 35.6 Å². The molecule has 0 bridgehead atoms. The van der Waals surface area contributed by atoms with Crippen molar-refractivity contribution in [1.29, 1.82) is 0 Å². The van der Waals surface area contributed by atoms with Crippen molar-refractivity contribution in [3.8, 4) is 0 Å². The van der Waals surface area contributed by atoms with E-state index in [1.165, 1.54) is 0 Å². The number of thioether (sulfide) groups is 1. The molecule has 0 aliphatic heterocycles. The molecule has 2 fully saturated rings. The molecule has 0 aromatic rings. The molecule has 2 aliphatic carbocycles. The zero-order chi connectivity index (χ0) is 14.9. The lowest BCUT2D eigenvalue weighted by Gasteiger charge is -2.24. The molecular formula is C15H27N3OS. The molecule has 0 aromatic carbocycles. The Bertz CT molecular complexity index is 419. The van der Waals surface area contributed by atoms with Crippen molar-refractivity contribution in [1.82, 2.24) is 0 Å². The third-order valence-electron chi connectivity index (χ3n) is 5.04. The van der Waals surface area contributed by atoms with Gasteiger partial charge in [0.25, 0.3) is 0 Å². The summed E-state index contributed by atoms with van der Waals surface area (Å²) in [6, 6.07) is 0. The quantitative estimate of drug-likeness (QED) is 0.545. The SMILES string of the molecule is CN=C(N)C(C)=C(N)C1CC2CC(O)(CSC)CC2C1. The second-order valence-corrected chi connectivity index (χ2v) is 7.31. The van der Waals surface area contributed by atoms with Gasteiger partial charge in [0, 0.05) is 24.1 Å². The van der Waals surface area contributed by atoms with Crippen LogP contribution in [0.2, 0.25) is 0 Å². The zero-order valence-corrected chi connectivity index (χ0v) is 13.5. The van der Waals surface area contributed by atoms with Gasteiger partial charge in [-0.2, -0.15) is 11.8 Å². The van der Waals surface area contributed by atoms with E-state index in [4.69, 9.17) is 11.5 Å². The summed E-state index contributed by atoms with van der Waals surface area (Å²) >= 11 is 1.74. The summed E-state index contributed by atoms with van der Waals surface area (Å²) in [6.45, 7) is 1.95. The van der Waals surface area contributed by atoms with Crippen LogP contribution in [0.15, 0.2) is 16.3 Å². The number of nitrogens with two attached hydrogens (primary N) is 2. The molecule has 0 amide bonds. The van der Waals surface area contributed by atoms with Crippen LogP contribution in [0.25, 0.3) is 0 Å². The second-order valence-electron chi connectivity index (χ2n) is 6.44. The van der Waals surface area contributed by atoms with Crippen molar-refractivity contribution in [2.24, 2.45) is 34.2 Å². The van der Waals surface area contributed by atoms with Crippen LogP contribution in [0.4, 0.5) is 0 Å². The van der Waals surface area contributed by atoms with Gasteiger partial charge in [-0.25, -0.2) is 0 Å². The summed E-state index contributed by atoms with van der Waals surface area (Å²) in [5, 5.41) is 10.6. The van der Waals surface area contributed by atoms with Crippen molar-refractivity contribution < 1.29 is 5.11 Å². The number of fused-ring (bicyclic) bond motifs is 1. The molecule has 0 spiro atoms. The minimum Gasteiger partial charge on any atom is -0.401 e. The fourth-order valence-electron chi connectivity index (χ4n) is 4.03. The van der Waals surface area contributed by atoms with Crippen LogP contribution in [0, 0.1) is 17.8 Å². The Balaban J connectivity index is 2.03. The summed E-state index contributed by atoms with van der Waals surface area (Å²) in [5.41, 5.74) is 13.5. The van der Waals surface area contributed by atoms with Gasteiger partial charge in [0.2, 0.25) is 0 Å². The smallest absolute Gasteiger partial charge is 0.122 e. The van der Waals surface area contributed by atoms with Crippen molar-refractivity contribution >= 4 is 17.6 Å². The minimum atomic E-state index is -0.447. The van der Waals surface area contributed by atoms with Gasteiger partial charge in [-0.1, -0.05) is 0 Å². The van der Waals surface area contributed by atoms with E-state index >= 15 is 0 Å². The summed E-state index contributed by atoms with van der Waals surface area (Å²) in [7, 11) is 1.69. The van der Waals surface area contributed by atoms with E-state index < -0.39 is 5.60 Å². The summed E-state index contributed by atoms with van der Waals surface area (Å²) in [6.07, 6.45) is 6.09. The van der Waals surface area contributed by atoms with Crippen LogP contribution in [0.5, 0.6) is 0 Å². The topological polar surface area (TPSA) is 84.6 Å². The van der Waals surface area contributed by atoms with Gasteiger partial charge in [0.15, 0.2) is 0 Å². The first-order chi connectivity index (χ1) is 9.40. The first kappa shape index (κ1) is 15.7. The van der Waals surface area contributed by atoms with Crippen LogP contribution >= 0.6 is 11.8 Å². The predicted molar refractivity (Wildman–Crippen MR) is 86.7 cm³/mol. The summed E-state index contributed by atoms with van der Waals surface area (Å²) in [5.74, 6) is 3.03. The maximum Gasteiger partial charge on any atom is 0.122 e. The molecule has 0 radical (unpaired) electrons. The lowest BCUT2D eigenvalue weighted by molar-refractivity contribution is 0.0625. The normalized spacial score (nSPS) is 38.8. The third-order valence-corrected chi connectivity index (χ3v) is 5.86. The monoisotopic (exact) mass is 297 g/mol. The number of nitrogens with zero attached hydrogens (tertiary/aromatic N) is 1. The highest BCUT2D eigenvalue weighted by Gasteiger charge is 2.48. The van der Waals surface area contributed by atoms with Crippen LogP contribution in [0.3, 0.4) is 0 Å². The number of amidine groups is 1. The van der Waals surface area contributed by atoms with Gasteiger partial charge >= 0.3 is 0 Å². The molecule has 4 nitrogen and oxygen atoms in total. The number of hydrogen-bond donors (Lipinski definition) is 3. The van der Waals surface area contributed by atoms with Crippen molar-refractivity contribution in [3.63, 3.8) is 0 Å². The zero-order valence-electron chi connectivity index (χ0n) is 12.7. The molecule has 5 N–H and O–H groups in total. The van der Waals surface area contributed by atoms with Gasteiger partial charge in [-0.15, -0.1) is 0 Å². The molecule has 2 saturated carbocycles. The fourth-order valence-corrected chi connectivity index (χ4v) is 4.81. The highest BCUT2D eigenvalue weighted by Crippen LogP contribution is 2.52. The molecular weight excluding hydrogens is 270 g/mol. The molecule has 0 heterocycles. The first-order valence-corrected chi connectivity index (χ1v) is 8.69. The molecule has 0 saturated heterocycles. The van der Waals surface area contributed by atoms with E-state index in [-0.39, 0.29) is 0 Å². The van der Waals surface area contributed by atoms with Gasteiger partial charge in [0.05, 0.1) is 5.60 Å². The van der Waals surface area contributed by atoms with E-state index in [1.54, 1.807) is 18.8 Å². The Labute approximate surface area is 126 Å². The molecule has 114 valence electrons. The highest BCUT2D eigenvalue weighted by molar-refractivity contribution is 7.98. The van der Waals surface area contributed by atoms with Gasteiger partial charge in [-0.3, -0.25) is 4.99 Å². The Hall–Kier alpha value is -0.680. The average Bonchev–Trinajstić information content (AvgIpc) is 2.91. The maximum absolute atomic E-state index is 10.6. The van der Waals surface area contributed by atoms with E-state index in [0.29, 0.717) is 23.6 Å². The number of allylic oxidation sites excluding steroid dienone is 1. The van der Waals surface area contributed by atoms with Crippen LogP contribution in [-0.2, 0) is 0 Å². The Morgan fingerprint density at radius 2 is 1.85 bits per heavy atom. The molecule has 2 rings (SSSR count). The molecule has 0 aromatic heterocycles. The van der Waals surface area contributed by atoms with Crippen molar-refractivity contribution in [2.45, 2.75) is 38.2 Å². The van der Waals surface area contributed by atoms with Gasteiger partial charge < -0.3 is 16.6 Å². The van der Waals surface area contributed by atoms with Crippen LogP contribution in [0.1, 0.15) is 32.6 Å². The number of aliphatic hydroxyl groups is 1. The van der Waals surface area contributed by atoms with E-state index in [1.807, 2.05) is 6.92 Å². The van der Waals surface area contributed by atoms with E-state index in [9.17, 15) is 5.11 Å². The highest BCUT2D eigenvalue weighted by atomic mass is 32.2. The average molecular weight is 297 g/mol. The molecule has 2 unspecified atom stereocenters. The number of rotatable bonds is 4. The molecule has 2 aliphatic rings. The summed E-state index contributed by atoms with van der Waals surface area (Å²) in [4.78, 5) is 4.01. The van der Waals surface area contributed by atoms with Crippen molar-refractivity contribution in [3.05, 3.63) is 11.3 Å². The first-order valence-electron chi connectivity index (χ1n) is 7.30. The largest absolute Gasteiger partial charge is 0.401 e. The Morgan fingerprint density at radius 3 is 2.30 bits per heavy atom. The van der Waals surface area contributed by atoms with E-state index in [0.717, 1.165) is 42.7 Å². The fraction of sp³-hybridized carbons (Fsp3) is 0.800. The van der Waals surface area contributed by atoms with Crippen LogP contribution < -0.4 is 11.5 Å². The lowest BCUT2D eigenvalue weighted by atomic mass is 9.92. The number of hydrogen-bond acceptors (Lipinski definition) is 4. The Morgan fingerprint density at radius 1 is 1.30 bits per heavy atom. The Kier molecular flexibility index (Phi) is 4.69. The predicted octanol–water partition coefficient (Wildman–Crippen LogP) is 1.74.